The molecule has 1 fully saturated rings. The molecule has 0 bridgehead atoms. The number of furan rings is 1. The van der Waals surface area contributed by atoms with Crippen molar-refractivity contribution < 1.29 is 14.0 Å². The maximum Gasteiger partial charge on any atom is 0.257 e. The van der Waals surface area contributed by atoms with Crippen molar-refractivity contribution in [1.29, 1.82) is 0 Å². The molecule has 126 valence electrons. The van der Waals surface area contributed by atoms with Gasteiger partial charge < -0.3 is 14.6 Å². The summed E-state index contributed by atoms with van der Waals surface area (Å²) in [6.07, 6.45) is 4.13. The molecule has 0 spiro atoms. The molecule has 5 nitrogen and oxygen atoms in total. The lowest BCUT2D eigenvalue weighted by Crippen LogP contribution is -2.41. The Kier molecular flexibility index (Phi) is 5.11. The fraction of sp³-hybridized carbons (Fsp3) is 0.294. The van der Waals surface area contributed by atoms with Crippen molar-refractivity contribution in [3.8, 4) is 0 Å². The lowest BCUT2D eigenvalue weighted by molar-refractivity contribution is -0.121. The molecule has 7 heteroatoms. The average Bonchev–Trinajstić information content (AvgIpc) is 3.11. The molecule has 0 atom stereocenters. The zero-order chi connectivity index (χ0) is 17.1. The molecule has 0 unspecified atom stereocenters. The second-order valence-corrected chi connectivity index (χ2v) is 6.54. The number of likely N-dealkylation sites (tertiary alicyclic amines) is 1. The number of hydrogen-bond acceptors (Lipinski definition) is 3. The van der Waals surface area contributed by atoms with Gasteiger partial charge in [-0.15, -0.1) is 0 Å². The number of nitrogens with one attached hydrogen (secondary N) is 1. The molecule has 1 aliphatic heterocycles. The first-order chi connectivity index (χ1) is 11.5. The molecule has 1 aromatic carbocycles. The van der Waals surface area contributed by atoms with Gasteiger partial charge in [-0.2, -0.15) is 0 Å². The molecule has 1 aliphatic rings. The summed E-state index contributed by atoms with van der Waals surface area (Å²) in [6.45, 7) is 1.08. The number of nitrogens with zero attached hydrogens (tertiary/aromatic N) is 1. The molecule has 2 amide bonds. The van der Waals surface area contributed by atoms with Gasteiger partial charge >= 0.3 is 0 Å². The summed E-state index contributed by atoms with van der Waals surface area (Å²) in [5.41, 5.74) is 1.08. The number of piperidine rings is 1. The van der Waals surface area contributed by atoms with E-state index in [0.29, 0.717) is 47.2 Å². The highest BCUT2D eigenvalue weighted by atomic mass is 35.5. The van der Waals surface area contributed by atoms with Gasteiger partial charge in [0.2, 0.25) is 5.91 Å². The molecule has 0 saturated carbocycles. The van der Waals surface area contributed by atoms with Crippen LogP contribution in [-0.2, 0) is 4.79 Å². The maximum absolute atomic E-state index is 12.4. The second-order valence-electron chi connectivity index (χ2n) is 5.69. The van der Waals surface area contributed by atoms with Gasteiger partial charge in [-0.05, 0) is 37.1 Å². The number of halogens is 2. The Morgan fingerprint density at radius 2 is 1.92 bits per heavy atom. The predicted octanol–water partition coefficient (Wildman–Crippen LogP) is 4.08. The Balaban J connectivity index is 1.56. The maximum atomic E-state index is 12.4. The van der Waals surface area contributed by atoms with Crippen molar-refractivity contribution >= 4 is 40.7 Å². The minimum Gasteiger partial charge on any atom is -0.472 e. The third-order valence-electron chi connectivity index (χ3n) is 4.11. The molecule has 2 heterocycles. The SMILES string of the molecule is O=C(Nc1ccc(Cl)cc1Cl)C1CCN(C(=O)c2ccoc2)CC1. The molecule has 24 heavy (non-hydrogen) atoms. The highest BCUT2D eigenvalue weighted by Crippen LogP contribution is 2.27. The van der Waals surface area contributed by atoms with Gasteiger partial charge in [-0.3, -0.25) is 9.59 Å². The van der Waals surface area contributed by atoms with Crippen LogP contribution in [0.1, 0.15) is 23.2 Å². The van der Waals surface area contributed by atoms with Crippen molar-refractivity contribution in [3.63, 3.8) is 0 Å². The number of rotatable bonds is 3. The number of carbonyl (C=O) groups excluding carboxylic acids is 2. The molecule has 3 rings (SSSR count). The highest BCUT2D eigenvalue weighted by molar-refractivity contribution is 6.36. The molecule has 1 N–H and O–H groups in total. The van der Waals surface area contributed by atoms with Gasteiger partial charge in [0, 0.05) is 24.0 Å². The summed E-state index contributed by atoms with van der Waals surface area (Å²) in [4.78, 5) is 26.4. The summed E-state index contributed by atoms with van der Waals surface area (Å²) in [7, 11) is 0. The van der Waals surface area contributed by atoms with Gasteiger partial charge in [0.1, 0.15) is 6.26 Å². The Morgan fingerprint density at radius 3 is 2.54 bits per heavy atom. The van der Waals surface area contributed by atoms with E-state index in [0.717, 1.165) is 0 Å². The Hall–Kier alpha value is -1.98. The fourth-order valence-electron chi connectivity index (χ4n) is 2.74. The van der Waals surface area contributed by atoms with E-state index in [4.69, 9.17) is 27.6 Å². The topological polar surface area (TPSA) is 62.6 Å². The van der Waals surface area contributed by atoms with E-state index in [9.17, 15) is 9.59 Å². The van der Waals surface area contributed by atoms with Gasteiger partial charge in [-0.25, -0.2) is 0 Å². The second kappa shape index (κ2) is 7.28. The van der Waals surface area contributed by atoms with Crippen molar-refractivity contribution in [2.45, 2.75) is 12.8 Å². The number of hydrogen-bond donors (Lipinski definition) is 1. The Morgan fingerprint density at radius 1 is 1.17 bits per heavy atom. The molecule has 0 aliphatic carbocycles. The first-order valence-electron chi connectivity index (χ1n) is 7.62. The minimum atomic E-state index is -0.148. The van der Waals surface area contributed by atoms with Crippen LogP contribution in [0.25, 0.3) is 0 Å². The third-order valence-corrected chi connectivity index (χ3v) is 4.66. The summed E-state index contributed by atoms with van der Waals surface area (Å²) in [5, 5.41) is 3.75. The first-order valence-corrected chi connectivity index (χ1v) is 8.37. The van der Waals surface area contributed by atoms with E-state index in [1.165, 1.54) is 12.5 Å². The molecular weight excluding hydrogens is 351 g/mol. The van der Waals surface area contributed by atoms with Gasteiger partial charge in [0.15, 0.2) is 0 Å². The van der Waals surface area contributed by atoms with Gasteiger partial charge in [0.05, 0.1) is 22.5 Å². The van der Waals surface area contributed by atoms with E-state index >= 15 is 0 Å². The van der Waals surface area contributed by atoms with Crippen molar-refractivity contribution in [3.05, 3.63) is 52.4 Å². The smallest absolute Gasteiger partial charge is 0.257 e. The Bertz CT molecular complexity index is 738. The summed E-state index contributed by atoms with van der Waals surface area (Å²) < 4.78 is 4.94. The van der Waals surface area contributed by atoms with Crippen LogP contribution in [0.5, 0.6) is 0 Å². The quantitative estimate of drug-likeness (QED) is 0.889. The summed E-state index contributed by atoms with van der Waals surface area (Å²) >= 11 is 11.9. The van der Waals surface area contributed by atoms with E-state index in [-0.39, 0.29) is 17.7 Å². The van der Waals surface area contributed by atoms with Crippen LogP contribution in [-0.4, -0.2) is 29.8 Å². The van der Waals surface area contributed by atoms with E-state index in [2.05, 4.69) is 5.32 Å². The number of carbonyl (C=O) groups is 2. The normalized spacial score (nSPS) is 15.3. The predicted molar refractivity (Wildman–Crippen MR) is 92.4 cm³/mol. The van der Waals surface area contributed by atoms with Crippen LogP contribution in [0.15, 0.2) is 41.2 Å². The lowest BCUT2D eigenvalue weighted by Gasteiger charge is -2.31. The zero-order valence-electron chi connectivity index (χ0n) is 12.8. The number of amides is 2. The largest absolute Gasteiger partial charge is 0.472 e. The van der Waals surface area contributed by atoms with Gasteiger partial charge in [-0.1, -0.05) is 23.2 Å². The lowest BCUT2D eigenvalue weighted by atomic mass is 9.95. The van der Waals surface area contributed by atoms with Crippen LogP contribution in [0.2, 0.25) is 10.0 Å². The van der Waals surface area contributed by atoms with Gasteiger partial charge in [0.25, 0.3) is 5.91 Å². The molecule has 1 saturated heterocycles. The van der Waals surface area contributed by atoms with Crippen LogP contribution in [0.3, 0.4) is 0 Å². The highest BCUT2D eigenvalue weighted by Gasteiger charge is 2.28. The van der Waals surface area contributed by atoms with Crippen LogP contribution in [0.4, 0.5) is 5.69 Å². The molecule has 2 aromatic rings. The monoisotopic (exact) mass is 366 g/mol. The number of benzene rings is 1. The first kappa shape index (κ1) is 16.9. The number of anilines is 1. The standard InChI is InChI=1S/C17H16Cl2N2O3/c18-13-1-2-15(14(19)9-13)20-16(22)11-3-6-21(7-4-11)17(23)12-5-8-24-10-12/h1-2,5,8-11H,3-4,6-7H2,(H,20,22). The summed E-state index contributed by atoms with van der Waals surface area (Å²) in [5.74, 6) is -0.303. The van der Waals surface area contributed by atoms with Crippen LogP contribution >= 0.6 is 23.2 Å². The van der Waals surface area contributed by atoms with E-state index in [1.807, 2.05) is 0 Å². The molecule has 1 aromatic heterocycles. The van der Waals surface area contributed by atoms with E-state index < -0.39 is 0 Å². The van der Waals surface area contributed by atoms with Crippen LogP contribution < -0.4 is 5.32 Å². The van der Waals surface area contributed by atoms with Crippen LogP contribution in [0, 0.1) is 5.92 Å². The average molecular weight is 367 g/mol. The zero-order valence-corrected chi connectivity index (χ0v) is 14.3. The third kappa shape index (κ3) is 3.74. The molecule has 0 radical (unpaired) electrons. The van der Waals surface area contributed by atoms with Crippen molar-refractivity contribution in [2.75, 3.05) is 18.4 Å². The molecular formula is C17H16Cl2N2O3. The van der Waals surface area contributed by atoms with E-state index in [1.54, 1.807) is 29.2 Å². The van der Waals surface area contributed by atoms with Crippen molar-refractivity contribution in [2.24, 2.45) is 5.92 Å². The Labute approximate surface area is 149 Å². The fourth-order valence-corrected chi connectivity index (χ4v) is 3.19. The minimum absolute atomic E-state index is 0.0663. The summed E-state index contributed by atoms with van der Waals surface area (Å²) in [6, 6.07) is 6.59. The van der Waals surface area contributed by atoms with Crippen molar-refractivity contribution in [1.82, 2.24) is 4.90 Å².